The molecular weight excluding hydrogens is 344 g/mol. The summed E-state index contributed by atoms with van der Waals surface area (Å²) in [6, 6.07) is 14.9. The van der Waals surface area contributed by atoms with Crippen LogP contribution < -0.4 is 4.74 Å². The van der Waals surface area contributed by atoms with E-state index in [1.807, 2.05) is 42.5 Å². The van der Waals surface area contributed by atoms with Crippen LogP contribution in [0, 0.1) is 0 Å². The highest BCUT2D eigenvalue weighted by atomic mass is 16.6. The first kappa shape index (κ1) is 17.5. The molecule has 5 heteroatoms. The summed E-state index contributed by atoms with van der Waals surface area (Å²) < 4.78 is 17.9. The van der Waals surface area contributed by atoms with Crippen molar-refractivity contribution in [3.05, 3.63) is 83.3 Å². The molecule has 0 saturated carbocycles. The Balaban J connectivity index is 1.56. The van der Waals surface area contributed by atoms with Gasteiger partial charge in [-0.15, -0.1) is 0 Å². The summed E-state index contributed by atoms with van der Waals surface area (Å²) in [6.45, 7) is 0.180. The van der Waals surface area contributed by atoms with Gasteiger partial charge in [-0.1, -0.05) is 42.5 Å². The maximum atomic E-state index is 10.2. The first-order valence-corrected chi connectivity index (χ1v) is 9.08. The van der Waals surface area contributed by atoms with E-state index in [1.165, 1.54) is 0 Å². The van der Waals surface area contributed by atoms with Gasteiger partial charge in [0.25, 0.3) is 0 Å². The Hall–Kier alpha value is -2.92. The molecule has 0 saturated heterocycles. The lowest BCUT2D eigenvalue weighted by Gasteiger charge is -2.35. The van der Waals surface area contributed by atoms with E-state index in [4.69, 9.17) is 14.2 Å². The Morgan fingerprint density at radius 2 is 1.93 bits per heavy atom. The quantitative estimate of drug-likeness (QED) is 0.838. The van der Waals surface area contributed by atoms with E-state index < -0.39 is 12.2 Å². The monoisotopic (exact) mass is 366 g/mol. The molecule has 2 aromatic rings. The number of rotatable bonds is 5. The minimum atomic E-state index is -0.516. The smallest absolute Gasteiger partial charge is 0.163 e. The van der Waals surface area contributed by atoms with Crippen molar-refractivity contribution in [2.75, 3.05) is 6.61 Å². The van der Waals surface area contributed by atoms with Crippen LogP contribution in [0.5, 0.6) is 11.5 Å². The highest BCUT2D eigenvalue weighted by Crippen LogP contribution is 2.39. The lowest BCUT2D eigenvalue weighted by atomic mass is 10.0. The van der Waals surface area contributed by atoms with Crippen molar-refractivity contribution >= 4 is 0 Å². The largest absolute Gasteiger partial charge is 0.504 e. The van der Waals surface area contributed by atoms with E-state index >= 15 is 0 Å². The van der Waals surface area contributed by atoms with Gasteiger partial charge < -0.3 is 24.4 Å². The van der Waals surface area contributed by atoms with Crippen molar-refractivity contribution in [1.29, 1.82) is 0 Å². The first-order chi connectivity index (χ1) is 13.2. The van der Waals surface area contributed by atoms with Crippen LogP contribution in [0.15, 0.2) is 72.2 Å². The number of aliphatic hydroxyl groups excluding tert-OH is 1. The van der Waals surface area contributed by atoms with Crippen molar-refractivity contribution in [2.45, 2.75) is 31.7 Å². The van der Waals surface area contributed by atoms with Crippen LogP contribution in [0.4, 0.5) is 0 Å². The van der Waals surface area contributed by atoms with E-state index in [-0.39, 0.29) is 12.4 Å². The lowest BCUT2D eigenvalue weighted by Crippen LogP contribution is -2.32. The normalized spacial score (nSPS) is 21.2. The Bertz CT molecular complexity index is 856. The Kier molecular flexibility index (Phi) is 5.03. The summed E-state index contributed by atoms with van der Waals surface area (Å²) in [5, 5.41) is 19.9. The van der Waals surface area contributed by atoms with Crippen molar-refractivity contribution in [3.63, 3.8) is 0 Å². The molecule has 0 radical (unpaired) electrons. The minimum Gasteiger partial charge on any atom is -0.504 e. The third-order valence-corrected chi connectivity index (χ3v) is 4.70. The molecule has 27 heavy (non-hydrogen) atoms. The molecule has 0 amide bonds. The molecule has 5 nitrogen and oxygen atoms in total. The van der Waals surface area contributed by atoms with Gasteiger partial charge in [0.1, 0.15) is 12.4 Å². The second-order valence-corrected chi connectivity index (χ2v) is 6.61. The summed E-state index contributed by atoms with van der Waals surface area (Å²) in [4.78, 5) is 0. The van der Waals surface area contributed by atoms with Gasteiger partial charge in [0.15, 0.2) is 29.5 Å². The predicted molar refractivity (Wildman–Crippen MR) is 100 cm³/mol. The molecule has 0 bridgehead atoms. The minimum absolute atomic E-state index is 0.0625. The SMILES string of the molecule is OCC1OC2=C(CCC=C2)OC1c1ccc(O)c(OCc2ccccc2)c1. The number of allylic oxidation sites excluding steroid dienone is 3. The zero-order valence-electron chi connectivity index (χ0n) is 14.9. The van der Waals surface area contributed by atoms with E-state index in [9.17, 15) is 10.2 Å². The summed E-state index contributed by atoms with van der Waals surface area (Å²) >= 11 is 0. The standard InChI is InChI=1S/C22H22O5/c23-13-21-22(27-19-9-5-4-8-18(19)26-21)16-10-11-17(24)20(12-16)25-14-15-6-2-1-3-7-15/h1-4,6-8,10-12,21-24H,5,9,13-14H2. The zero-order chi connectivity index (χ0) is 18.6. The maximum Gasteiger partial charge on any atom is 0.163 e. The lowest BCUT2D eigenvalue weighted by molar-refractivity contribution is -0.0850. The van der Waals surface area contributed by atoms with Crippen LogP contribution in [0.25, 0.3) is 0 Å². The molecule has 0 spiro atoms. The highest BCUT2D eigenvalue weighted by molar-refractivity contribution is 5.43. The van der Waals surface area contributed by atoms with Gasteiger partial charge in [-0.2, -0.15) is 0 Å². The van der Waals surface area contributed by atoms with E-state index in [2.05, 4.69) is 0 Å². The average molecular weight is 366 g/mol. The maximum absolute atomic E-state index is 10.2. The van der Waals surface area contributed by atoms with Gasteiger partial charge >= 0.3 is 0 Å². The molecule has 140 valence electrons. The van der Waals surface area contributed by atoms with Gasteiger partial charge in [0.05, 0.1) is 6.61 Å². The third-order valence-electron chi connectivity index (χ3n) is 4.70. The fourth-order valence-corrected chi connectivity index (χ4v) is 3.27. The van der Waals surface area contributed by atoms with Crippen LogP contribution in [0.3, 0.4) is 0 Å². The highest BCUT2D eigenvalue weighted by Gasteiger charge is 2.34. The van der Waals surface area contributed by atoms with Crippen LogP contribution in [-0.4, -0.2) is 22.9 Å². The van der Waals surface area contributed by atoms with Crippen molar-refractivity contribution in [3.8, 4) is 11.5 Å². The zero-order valence-corrected chi connectivity index (χ0v) is 14.9. The molecular formula is C22H22O5. The van der Waals surface area contributed by atoms with E-state index in [0.717, 1.165) is 29.7 Å². The summed E-state index contributed by atoms with van der Waals surface area (Å²) in [7, 11) is 0. The fourth-order valence-electron chi connectivity index (χ4n) is 3.27. The third kappa shape index (κ3) is 3.78. The number of hydrogen-bond donors (Lipinski definition) is 2. The number of aliphatic hydroxyl groups is 1. The van der Waals surface area contributed by atoms with Crippen LogP contribution in [0.1, 0.15) is 30.1 Å². The molecule has 0 fully saturated rings. The predicted octanol–water partition coefficient (Wildman–Crippen LogP) is 3.98. The molecule has 2 aromatic carbocycles. The van der Waals surface area contributed by atoms with E-state index in [1.54, 1.807) is 18.2 Å². The second kappa shape index (κ2) is 7.76. The molecule has 1 heterocycles. The number of phenols is 1. The first-order valence-electron chi connectivity index (χ1n) is 9.08. The van der Waals surface area contributed by atoms with Gasteiger partial charge in [0.2, 0.25) is 0 Å². The summed E-state index contributed by atoms with van der Waals surface area (Å²) in [5.41, 5.74) is 1.80. The number of benzene rings is 2. The Morgan fingerprint density at radius 3 is 2.74 bits per heavy atom. The molecule has 2 atom stereocenters. The molecule has 2 N–H and O–H groups in total. The van der Waals surface area contributed by atoms with Crippen molar-refractivity contribution in [2.24, 2.45) is 0 Å². The van der Waals surface area contributed by atoms with Gasteiger partial charge in [-0.3, -0.25) is 0 Å². The molecule has 2 aliphatic rings. The topological polar surface area (TPSA) is 68.2 Å². The van der Waals surface area contributed by atoms with Gasteiger partial charge in [0, 0.05) is 12.0 Å². The Labute approximate surface area is 158 Å². The Morgan fingerprint density at radius 1 is 1.07 bits per heavy atom. The van der Waals surface area contributed by atoms with Gasteiger partial charge in [-0.25, -0.2) is 0 Å². The number of ether oxygens (including phenoxy) is 3. The molecule has 2 unspecified atom stereocenters. The molecule has 1 aliphatic carbocycles. The van der Waals surface area contributed by atoms with Crippen molar-refractivity contribution in [1.82, 2.24) is 0 Å². The van der Waals surface area contributed by atoms with Crippen LogP contribution in [0.2, 0.25) is 0 Å². The summed E-state index contributed by atoms with van der Waals surface area (Å²) in [5.74, 6) is 1.93. The number of aromatic hydroxyl groups is 1. The molecule has 1 aliphatic heterocycles. The molecule has 4 rings (SSSR count). The summed E-state index contributed by atoms with van der Waals surface area (Å²) in [6.07, 6.45) is 4.63. The van der Waals surface area contributed by atoms with Crippen LogP contribution in [-0.2, 0) is 16.1 Å². The van der Waals surface area contributed by atoms with Crippen molar-refractivity contribution < 1.29 is 24.4 Å². The number of hydrogen-bond acceptors (Lipinski definition) is 5. The average Bonchev–Trinajstić information content (AvgIpc) is 2.73. The van der Waals surface area contributed by atoms with Crippen LogP contribution >= 0.6 is 0 Å². The van der Waals surface area contributed by atoms with Gasteiger partial charge in [-0.05, 0) is 30.2 Å². The number of phenolic OH excluding ortho intramolecular Hbond substituents is 1. The second-order valence-electron chi connectivity index (χ2n) is 6.61. The fraction of sp³-hybridized carbons (Fsp3) is 0.273. The van der Waals surface area contributed by atoms with E-state index in [0.29, 0.717) is 18.1 Å². The molecule has 0 aromatic heterocycles.